The van der Waals surface area contributed by atoms with Crippen molar-refractivity contribution in [1.29, 1.82) is 0 Å². The van der Waals surface area contributed by atoms with Gasteiger partial charge in [0.05, 0.1) is 12.0 Å². The summed E-state index contributed by atoms with van der Waals surface area (Å²) in [4.78, 5) is 12.9. The first-order valence-corrected chi connectivity index (χ1v) is 9.27. The maximum atomic E-state index is 12.3. The molecule has 134 valence electrons. The van der Waals surface area contributed by atoms with Crippen molar-refractivity contribution in [3.63, 3.8) is 0 Å². The molecule has 0 atom stereocenters. The molecular weight excluding hydrogens is 370 g/mol. The van der Waals surface area contributed by atoms with Gasteiger partial charge in [0.15, 0.2) is 0 Å². The van der Waals surface area contributed by atoms with Gasteiger partial charge in [0, 0.05) is 23.2 Å². The lowest BCUT2D eigenvalue weighted by Crippen LogP contribution is -2.21. The lowest BCUT2D eigenvalue weighted by atomic mass is 10.2. The van der Waals surface area contributed by atoms with Gasteiger partial charge in [-0.2, -0.15) is 0 Å². The number of carbonyl (C=O) groups is 1. The fraction of sp³-hybridized carbons (Fsp3) is 0.150. The number of ether oxygens (including phenoxy) is 2. The van der Waals surface area contributed by atoms with Gasteiger partial charge in [-0.05, 0) is 35.2 Å². The normalized spacial score (nSPS) is 10.4. The number of rotatable bonds is 7. The van der Waals surface area contributed by atoms with E-state index in [0.29, 0.717) is 23.1 Å². The molecule has 2 aromatic carbocycles. The Hall–Kier alpha value is -2.50. The van der Waals surface area contributed by atoms with Gasteiger partial charge in [0.25, 0.3) is 5.91 Å². The molecule has 0 radical (unpaired) electrons. The van der Waals surface area contributed by atoms with E-state index in [1.165, 1.54) is 11.3 Å². The Morgan fingerprint density at radius 1 is 1.12 bits per heavy atom. The molecule has 4 nitrogen and oxygen atoms in total. The number of halogens is 1. The highest BCUT2D eigenvalue weighted by Crippen LogP contribution is 2.22. The van der Waals surface area contributed by atoms with E-state index in [1.807, 2.05) is 60.0 Å². The summed E-state index contributed by atoms with van der Waals surface area (Å²) in [5, 5.41) is 5.45. The first kappa shape index (κ1) is 18.3. The molecule has 1 aromatic heterocycles. The van der Waals surface area contributed by atoms with Crippen molar-refractivity contribution in [2.45, 2.75) is 13.2 Å². The van der Waals surface area contributed by atoms with Gasteiger partial charge in [0.2, 0.25) is 0 Å². The van der Waals surface area contributed by atoms with Gasteiger partial charge in [-0.1, -0.05) is 35.9 Å². The minimum absolute atomic E-state index is 0.123. The molecule has 1 amide bonds. The van der Waals surface area contributed by atoms with Crippen molar-refractivity contribution in [3.05, 3.63) is 81.0 Å². The van der Waals surface area contributed by atoms with Crippen LogP contribution in [-0.2, 0) is 13.2 Å². The third kappa shape index (κ3) is 4.77. The highest BCUT2D eigenvalue weighted by molar-refractivity contribution is 7.12. The fourth-order valence-corrected chi connectivity index (χ4v) is 3.35. The standard InChI is InChI=1S/C20H18ClNO3S/c1-24-16-6-4-7-17(10-16)25-12-14-9-19(26-13-14)20(23)22-11-15-5-2-3-8-18(15)21/h2-10,13H,11-12H2,1H3,(H,22,23). The average molecular weight is 388 g/mol. The van der Waals surface area contributed by atoms with Gasteiger partial charge >= 0.3 is 0 Å². The highest BCUT2D eigenvalue weighted by Gasteiger charge is 2.10. The first-order valence-electron chi connectivity index (χ1n) is 8.01. The van der Waals surface area contributed by atoms with Crippen LogP contribution in [0.3, 0.4) is 0 Å². The molecule has 1 heterocycles. The number of methoxy groups -OCH3 is 1. The minimum Gasteiger partial charge on any atom is -0.497 e. The largest absolute Gasteiger partial charge is 0.497 e. The van der Waals surface area contributed by atoms with E-state index in [1.54, 1.807) is 7.11 Å². The number of amides is 1. The molecule has 3 aromatic rings. The van der Waals surface area contributed by atoms with Crippen molar-refractivity contribution >= 4 is 28.8 Å². The van der Waals surface area contributed by atoms with Crippen molar-refractivity contribution in [1.82, 2.24) is 5.32 Å². The predicted molar refractivity (Wildman–Crippen MR) is 104 cm³/mol. The highest BCUT2D eigenvalue weighted by atomic mass is 35.5. The molecule has 0 spiro atoms. The SMILES string of the molecule is COc1cccc(OCc2csc(C(=O)NCc3ccccc3Cl)c2)c1. The number of hydrogen-bond acceptors (Lipinski definition) is 4. The van der Waals surface area contributed by atoms with Crippen LogP contribution in [0.2, 0.25) is 5.02 Å². The van der Waals surface area contributed by atoms with Crippen LogP contribution in [0.4, 0.5) is 0 Å². The van der Waals surface area contributed by atoms with Crippen LogP contribution in [0.5, 0.6) is 11.5 Å². The number of hydrogen-bond donors (Lipinski definition) is 1. The van der Waals surface area contributed by atoms with Gasteiger partial charge in [-0.3, -0.25) is 4.79 Å². The number of carbonyl (C=O) groups excluding carboxylic acids is 1. The van der Waals surface area contributed by atoms with Gasteiger partial charge < -0.3 is 14.8 Å². The lowest BCUT2D eigenvalue weighted by molar-refractivity contribution is 0.0955. The van der Waals surface area contributed by atoms with Crippen LogP contribution >= 0.6 is 22.9 Å². The van der Waals surface area contributed by atoms with Gasteiger partial charge in [0.1, 0.15) is 18.1 Å². The summed E-state index contributed by atoms with van der Waals surface area (Å²) in [5.74, 6) is 1.34. The number of nitrogens with one attached hydrogen (secondary N) is 1. The van der Waals surface area contributed by atoms with Gasteiger partial charge in [-0.25, -0.2) is 0 Å². The van der Waals surface area contributed by atoms with E-state index >= 15 is 0 Å². The van der Waals surface area contributed by atoms with E-state index in [2.05, 4.69) is 5.32 Å². The molecule has 1 N–H and O–H groups in total. The molecule has 0 aliphatic heterocycles. The minimum atomic E-state index is -0.123. The molecule has 6 heteroatoms. The van der Waals surface area contributed by atoms with Crippen LogP contribution in [0.1, 0.15) is 20.8 Å². The molecule has 0 aliphatic carbocycles. The Morgan fingerprint density at radius 2 is 1.92 bits per heavy atom. The van der Waals surface area contributed by atoms with Crippen LogP contribution in [0.25, 0.3) is 0 Å². The van der Waals surface area contributed by atoms with E-state index in [9.17, 15) is 4.79 Å². The van der Waals surface area contributed by atoms with Crippen molar-refractivity contribution in [3.8, 4) is 11.5 Å². The Morgan fingerprint density at radius 3 is 2.73 bits per heavy atom. The molecule has 0 unspecified atom stereocenters. The summed E-state index contributed by atoms with van der Waals surface area (Å²) in [6.45, 7) is 0.785. The smallest absolute Gasteiger partial charge is 0.261 e. The zero-order valence-electron chi connectivity index (χ0n) is 14.2. The predicted octanol–water partition coefficient (Wildman–Crippen LogP) is 4.92. The molecule has 0 saturated heterocycles. The monoisotopic (exact) mass is 387 g/mol. The molecule has 26 heavy (non-hydrogen) atoms. The molecule has 0 fully saturated rings. The second-order valence-electron chi connectivity index (χ2n) is 5.56. The summed E-state index contributed by atoms with van der Waals surface area (Å²) in [6.07, 6.45) is 0. The zero-order valence-corrected chi connectivity index (χ0v) is 15.8. The third-order valence-electron chi connectivity index (χ3n) is 3.72. The van der Waals surface area contributed by atoms with Crippen molar-refractivity contribution in [2.24, 2.45) is 0 Å². The van der Waals surface area contributed by atoms with Gasteiger partial charge in [-0.15, -0.1) is 11.3 Å². The summed E-state index contributed by atoms with van der Waals surface area (Å²) < 4.78 is 10.9. The lowest BCUT2D eigenvalue weighted by Gasteiger charge is -2.06. The summed E-state index contributed by atoms with van der Waals surface area (Å²) in [6, 6.07) is 16.7. The Bertz CT molecular complexity index is 894. The molecule has 0 aliphatic rings. The van der Waals surface area contributed by atoms with Crippen molar-refractivity contribution in [2.75, 3.05) is 7.11 Å². The van der Waals surface area contributed by atoms with Crippen LogP contribution in [-0.4, -0.2) is 13.0 Å². The molecule has 0 bridgehead atoms. The Labute approximate surface area is 161 Å². The van der Waals surface area contributed by atoms with E-state index in [4.69, 9.17) is 21.1 Å². The topological polar surface area (TPSA) is 47.6 Å². The van der Waals surface area contributed by atoms with Crippen LogP contribution in [0.15, 0.2) is 60.0 Å². The number of thiophene rings is 1. The average Bonchev–Trinajstić information content (AvgIpc) is 3.15. The Balaban J connectivity index is 1.55. The second-order valence-corrected chi connectivity index (χ2v) is 6.88. The van der Waals surface area contributed by atoms with Crippen LogP contribution in [0, 0.1) is 0 Å². The molecule has 0 saturated carbocycles. The quantitative estimate of drug-likeness (QED) is 0.626. The maximum absolute atomic E-state index is 12.3. The maximum Gasteiger partial charge on any atom is 0.261 e. The second kappa shape index (κ2) is 8.74. The van der Waals surface area contributed by atoms with E-state index in [0.717, 1.165) is 22.6 Å². The molecular formula is C20H18ClNO3S. The number of benzene rings is 2. The van der Waals surface area contributed by atoms with Crippen molar-refractivity contribution < 1.29 is 14.3 Å². The zero-order chi connectivity index (χ0) is 18.4. The fourth-order valence-electron chi connectivity index (χ4n) is 2.33. The summed E-state index contributed by atoms with van der Waals surface area (Å²) in [7, 11) is 1.62. The van der Waals surface area contributed by atoms with E-state index < -0.39 is 0 Å². The first-order chi connectivity index (χ1) is 12.7. The summed E-state index contributed by atoms with van der Waals surface area (Å²) in [5.41, 5.74) is 1.83. The van der Waals surface area contributed by atoms with E-state index in [-0.39, 0.29) is 5.91 Å². The van der Waals surface area contributed by atoms with Crippen LogP contribution < -0.4 is 14.8 Å². The summed E-state index contributed by atoms with van der Waals surface area (Å²) >= 11 is 7.49. The third-order valence-corrected chi connectivity index (χ3v) is 5.07. The Kier molecular flexibility index (Phi) is 6.15. The molecule has 3 rings (SSSR count).